The lowest BCUT2D eigenvalue weighted by atomic mass is 10.3. The third-order valence-electron chi connectivity index (χ3n) is 2.48. The molecule has 1 heterocycles. The van der Waals surface area contributed by atoms with Crippen LogP contribution in [0.15, 0.2) is 41.8 Å². The van der Waals surface area contributed by atoms with Crippen LogP contribution in [0, 0.1) is 0 Å². The quantitative estimate of drug-likeness (QED) is 0.834. The van der Waals surface area contributed by atoms with Gasteiger partial charge in [-0.25, -0.2) is 4.79 Å². The van der Waals surface area contributed by atoms with E-state index in [-0.39, 0.29) is 6.03 Å². The van der Waals surface area contributed by atoms with Crippen molar-refractivity contribution >= 4 is 28.7 Å². The lowest BCUT2D eigenvalue weighted by Crippen LogP contribution is -2.30. The molecule has 94 valence electrons. The van der Waals surface area contributed by atoms with Crippen LogP contribution < -0.4 is 11.1 Å². The lowest BCUT2D eigenvalue weighted by molar-refractivity contribution is 0.221. The number of nitrogens with one attached hydrogen (secondary N) is 1. The minimum absolute atomic E-state index is 0.131. The van der Waals surface area contributed by atoms with Crippen molar-refractivity contribution in [2.75, 3.05) is 18.1 Å². The fraction of sp³-hybridized carbons (Fsp3) is 0.154. The number of thiophene rings is 1. The van der Waals surface area contributed by atoms with Crippen LogP contribution >= 0.6 is 11.3 Å². The van der Waals surface area contributed by atoms with Gasteiger partial charge in [-0.1, -0.05) is 6.07 Å². The average Bonchev–Trinajstić information content (AvgIpc) is 2.85. The van der Waals surface area contributed by atoms with Gasteiger partial charge in [0, 0.05) is 23.3 Å². The maximum Gasteiger partial charge on any atom is 0.321 e. The molecule has 0 saturated carbocycles. The molecule has 1 aromatic heterocycles. The Morgan fingerprint density at radius 1 is 1.33 bits per heavy atom. The summed E-state index contributed by atoms with van der Waals surface area (Å²) in [6.45, 7) is 0.610. The Bertz CT molecular complexity index is 508. The maximum absolute atomic E-state index is 11.9. The zero-order valence-corrected chi connectivity index (χ0v) is 10.9. The van der Waals surface area contributed by atoms with E-state index in [2.05, 4.69) is 5.32 Å². The van der Waals surface area contributed by atoms with Gasteiger partial charge >= 0.3 is 6.03 Å². The minimum atomic E-state index is -0.131. The standard InChI is InChI=1S/C13H15N3OS/c1-16(9-12-3-2-8-18-12)13(17)15-11-6-4-10(14)5-7-11/h2-8H,9,14H2,1H3,(H,15,17). The fourth-order valence-electron chi connectivity index (χ4n) is 1.49. The topological polar surface area (TPSA) is 58.4 Å². The number of carbonyl (C=O) groups is 1. The van der Waals surface area contributed by atoms with Crippen molar-refractivity contribution in [1.29, 1.82) is 0 Å². The third-order valence-corrected chi connectivity index (χ3v) is 3.34. The number of rotatable bonds is 3. The van der Waals surface area contributed by atoms with Gasteiger partial charge in [0.2, 0.25) is 0 Å². The molecule has 2 aromatic rings. The Labute approximate surface area is 110 Å². The molecule has 3 N–H and O–H groups in total. The summed E-state index contributed by atoms with van der Waals surface area (Å²) in [7, 11) is 1.77. The summed E-state index contributed by atoms with van der Waals surface area (Å²) in [6.07, 6.45) is 0. The Kier molecular flexibility index (Phi) is 3.84. The van der Waals surface area contributed by atoms with Gasteiger partial charge in [-0.15, -0.1) is 11.3 Å². The number of amides is 2. The van der Waals surface area contributed by atoms with Gasteiger partial charge in [-0.2, -0.15) is 0 Å². The molecule has 2 rings (SSSR count). The van der Waals surface area contributed by atoms with Gasteiger partial charge in [0.05, 0.1) is 6.54 Å². The summed E-state index contributed by atoms with van der Waals surface area (Å²) in [5.41, 5.74) is 7.01. The second-order valence-corrected chi connectivity index (χ2v) is 5.02. The van der Waals surface area contributed by atoms with Crippen LogP contribution in [0.2, 0.25) is 0 Å². The Balaban J connectivity index is 1.93. The molecule has 5 heteroatoms. The predicted molar refractivity (Wildman–Crippen MR) is 75.7 cm³/mol. The molecule has 0 bridgehead atoms. The van der Waals surface area contributed by atoms with Crippen LogP contribution in [-0.2, 0) is 6.54 Å². The third kappa shape index (κ3) is 3.24. The van der Waals surface area contributed by atoms with Crippen molar-refractivity contribution in [3.05, 3.63) is 46.7 Å². The molecule has 18 heavy (non-hydrogen) atoms. The first-order valence-electron chi connectivity index (χ1n) is 5.55. The van der Waals surface area contributed by atoms with E-state index in [0.717, 1.165) is 10.6 Å². The molecule has 0 fully saturated rings. The molecule has 0 unspecified atom stereocenters. The molecule has 0 radical (unpaired) electrons. The number of carbonyl (C=O) groups excluding carboxylic acids is 1. The van der Waals surface area contributed by atoms with E-state index in [9.17, 15) is 4.79 Å². The molecule has 0 aliphatic rings. The summed E-state index contributed by atoms with van der Waals surface area (Å²) in [5.74, 6) is 0. The average molecular weight is 261 g/mol. The van der Waals surface area contributed by atoms with Gasteiger partial charge in [0.15, 0.2) is 0 Å². The van der Waals surface area contributed by atoms with Gasteiger partial charge in [-0.05, 0) is 35.7 Å². The Hall–Kier alpha value is -2.01. The predicted octanol–water partition coefficient (Wildman–Crippen LogP) is 2.99. The van der Waals surface area contributed by atoms with E-state index < -0.39 is 0 Å². The first-order valence-corrected chi connectivity index (χ1v) is 6.43. The van der Waals surface area contributed by atoms with Crippen molar-refractivity contribution < 1.29 is 4.79 Å². The zero-order valence-electron chi connectivity index (χ0n) is 10.1. The van der Waals surface area contributed by atoms with Gasteiger partial charge in [-0.3, -0.25) is 0 Å². The van der Waals surface area contributed by atoms with Crippen LogP contribution in [0.25, 0.3) is 0 Å². The highest BCUT2D eigenvalue weighted by Gasteiger charge is 2.09. The summed E-state index contributed by atoms with van der Waals surface area (Å²) >= 11 is 1.64. The molecule has 0 aliphatic carbocycles. The van der Waals surface area contributed by atoms with Gasteiger partial charge in [0.1, 0.15) is 0 Å². The number of urea groups is 1. The molecular weight excluding hydrogens is 246 g/mol. The van der Waals surface area contributed by atoms with E-state index in [0.29, 0.717) is 12.2 Å². The molecule has 2 amide bonds. The van der Waals surface area contributed by atoms with Crippen molar-refractivity contribution in [3.63, 3.8) is 0 Å². The summed E-state index contributed by atoms with van der Waals surface area (Å²) in [4.78, 5) is 14.7. The molecule has 4 nitrogen and oxygen atoms in total. The number of nitrogens with zero attached hydrogens (tertiary/aromatic N) is 1. The number of benzene rings is 1. The molecular formula is C13H15N3OS. The number of nitrogens with two attached hydrogens (primary N) is 1. The van der Waals surface area contributed by atoms with E-state index >= 15 is 0 Å². The molecule has 0 aliphatic heterocycles. The first kappa shape index (κ1) is 12.4. The summed E-state index contributed by atoms with van der Waals surface area (Å²) in [5, 5.41) is 4.82. The normalized spacial score (nSPS) is 10.1. The van der Waals surface area contributed by atoms with Crippen molar-refractivity contribution in [1.82, 2.24) is 4.90 Å². The second-order valence-electron chi connectivity index (χ2n) is 3.99. The SMILES string of the molecule is CN(Cc1cccs1)C(=O)Nc1ccc(N)cc1. The first-order chi connectivity index (χ1) is 8.65. The summed E-state index contributed by atoms with van der Waals surface area (Å²) < 4.78 is 0. The molecule has 0 saturated heterocycles. The zero-order chi connectivity index (χ0) is 13.0. The Morgan fingerprint density at radius 3 is 2.67 bits per heavy atom. The van der Waals surface area contributed by atoms with Crippen molar-refractivity contribution in [3.8, 4) is 0 Å². The van der Waals surface area contributed by atoms with E-state index in [1.54, 1.807) is 47.5 Å². The van der Waals surface area contributed by atoms with E-state index in [4.69, 9.17) is 5.73 Å². The molecule has 0 spiro atoms. The molecule has 0 atom stereocenters. The largest absolute Gasteiger partial charge is 0.399 e. The minimum Gasteiger partial charge on any atom is -0.399 e. The smallest absolute Gasteiger partial charge is 0.321 e. The Morgan fingerprint density at radius 2 is 2.06 bits per heavy atom. The summed E-state index contributed by atoms with van der Waals surface area (Å²) in [6, 6.07) is 10.9. The lowest BCUT2D eigenvalue weighted by Gasteiger charge is -2.17. The van der Waals surface area contributed by atoms with Crippen LogP contribution in [0.5, 0.6) is 0 Å². The van der Waals surface area contributed by atoms with Crippen molar-refractivity contribution in [2.45, 2.75) is 6.54 Å². The highest BCUT2D eigenvalue weighted by Crippen LogP contribution is 2.13. The van der Waals surface area contributed by atoms with Crippen LogP contribution in [0.4, 0.5) is 16.2 Å². The highest BCUT2D eigenvalue weighted by atomic mass is 32.1. The van der Waals surface area contributed by atoms with Gasteiger partial charge in [0.25, 0.3) is 0 Å². The molecule has 1 aromatic carbocycles. The maximum atomic E-state index is 11.9. The van der Waals surface area contributed by atoms with Crippen LogP contribution in [-0.4, -0.2) is 18.0 Å². The fourth-order valence-corrected chi connectivity index (χ4v) is 2.25. The number of anilines is 2. The number of hydrogen-bond donors (Lipinski definition) is 2. The number of nitrogen functional groups attached to an aromatic ring is 1. The van der Waals surface area contributed by atoms with E-state index in [1.165, 1.54) is 0 Å². The van der Waals surface area contributed by atoms with Crippen molar-refractivity contribution in [2.24, 2.45) is 0 Å². The number of hydrogen-bond acceptors (Lipinski definition) is 3. The van der Waals surface area contributed by atoms with E-state index in [1.807, 2.05) is 17.5 Å². The monoisotopic (exact) mass is 261 g/mol. The van der Waals surface area contributed by atoms with Crippen LogP contribution in [0.1, 0.15) is 4.88 Å². The second kappa shape index (κ2) is 5.55. The highest BCUT2D eigenvalue weighted by molar-refractivity contribution is 7.09. The van der Waals surface area contributed by atoms with Crippen LogP contribution in [0.3, 0.4) is 0 Å². The van der Waals surface area contributed by atoms with Gasteiger partial charge < -0.3 is 16.0 Å².